The fourth-order valence-electron chi connectivity index (χ4n) is 2.86. The van der Waals surface area contributed by atoms with E-state index in [2.05, 4.69) is 25.7 Å². The van der Waals surface area contributed by atoms with Gasteiger partial charge in [-0.3, -0.25) is 9.59 Å². The fraction of sp³-hybridized carbons (Fsp3) is 0.0500. The summed E-state index contributed by atoms with van der Waals surface area (Å²) in [6, 6.07) is 14.4. The number of hydrogen-bond acceptors (Lipinski definition) is 5. The van der Waals surface area contributed by atoms with E-state index in [1.807, 2.05) is 31.2 Å². The van der Waals surface area contributed by atoms with Crippen molar-refractivity contribution in [3.63, 3.8) is 0 Å². The molecule has 4 rings (SSSR count). The summed E-state index contributed by atoms with van der Waals surface area (Å²) < 4.78 is 0. The Kier molecular flexibility index (Phi) is 4.58. The van der Waals surface area contributed by atoms with Crippen molar-refractivity contribution in [2.24, 2.45) is 5.10 Å². The van der Waals surface area contributed by atoms with Crippen LogP contribution in [0.4, 0.5) is 0 Å². The number of nitrogens with zero attached hydrogens (tertiary/aromatic N) is 3. The maximum atomic E-state index is 12.4. The van der Waals surface area contributed by atoms with Gasteiger partial charge >= 0.3 is 0 Å². The summed E-state index contributed by atoms with van der Waals surface area (Å²) in [6.07, 6.45) is 1.42. The summed E-state index contributed by atoms with van der Waals surface area (Å²) in [4.78, 5) is 28.6. The van der Waals surface area contributed by atoms with Crippen LogP contribution in [-0.2, 0) is 0 Å². The van der Waals surface area contributed by atoms with E-state index in [0.717, 1.165) is 16.5 Å². The smallest absolute Gasteiger partial charge is 0.267 e. The van der Waals surface area contributed by atoms with Gasteiger partial charge in [-0.2, -0.15) is 10.2 Å². The van der Waals surface area contributed by atoms with Gasteiger partial charge < -0.3 is 0 Å². The molecule has 0 radical (unpaired) electrons. The highest BCUT2D eigenvalue weighted by molar-refractivity contribution is 6.32. The molecule has 2 aromatic heterocycles. The lowest BCUT2D eigenvalue weighted by atomic mass is 10.1. The zero-order chi connectivity index (χ0) is 19.7. The van der Waals surface area contributed by atoms with E-state index in [4.69, 9.17) is 11.6 Å². The Labute approximate surface area is 164 Å². The molecule has 0 aliphatic carbocycles. The Balaban J connectivity index is 1.60. The Morgan fingerprint density at radius 3 is 2.79 bits per heavy atom. The first kappa shape index (κ1) is 17.8. The Bertz CT molecular complexity index is 1310. The summed E-state index contributed by atoms with van der Waals surface area (Å²) in [5.74, 6) is -0.552. The summed E-state index contributed by atoms with van der Waals surface area (Å²) in [6.45, 7) is 1.98. The number of carbonyl (C=O) groups excluding carboxylic acids is 1. The minimum absolute atomic E-state index is 0.0746. The van der Waals surface area contributed by atoms with Gasteiger partial charge in [-0.1, -0.05) is 41.9 Å². The summed E-state index contributed by atoms with van der Waals surface area (Å²) >= 11 is 6.22. The van der Waals surface area contributed by atoms with E-state index in [1.165, 1.54) is 6.21 Å². The molecular formula is C20H14ClN5O2. The van der Waals surface area contributed by atoms with Crippen molar-refractivity contribution >= 4 is 45.4 Å². The maximum absolute atomic E-state index is 12.4. The second-order valence-electron chi connectivity index (χ2n) is 6.21. The number of aromatic amines is 1. The first-order chi connectivity index (χ1) is 13.5. The highest BCUT2D eigenvalue weighted by atomic mass is 35.5. The van der Waals surface area contributed by atoms with Crippen LogP contribution in [0, 0.1) is 6.92 Å². The van der Waals surface area contributed by atoms with Crippen molar-refractivity contribution in [1.82, 2.24) is 20.6 Å². The molecule has 0 atom stereocenters. The average Bonchev–Trinajstić information content (AvgIpc) is 2.69. The van der Waals surface area contributed by atoms with Gasteiger partial charge in [0.05, 0.1) is 17.1 Å². The molecule has 2 heterocycles. The molecule has 4 aromatic rings. The molecule has 2 N–H and O–H groups in total. The molecule has 0 fully saturated rings. The van der Waals surface area contributed by atoms with E-state index in [-0.39, 0.29) is 16.4 Å². The van der Waals surface area contributed by atoms with Crippen LogP contribution < -0.4 is 11.0 Å². The van der Waals surface area contributed by atoms with Crippen LogP contribution in [-0.4, -0.2) is 27.3 Å². The lowest BCUT2D eigenvalue weighted by molar-refractivity contribution is 0.0951. The number of nitrogens with one attached hydrogen (secondary N) is 2. The van der Waals surface area contributed by atoms with Gasteiger partial charge in [-0.05, 0) is 30.7 Å². The number of amides is 1. The zero-order valence-corrected chi connectivity index (χ0v) is 15.5. The lowest BCUT2D eigenvalue weighted by Gasteiger charge is -2.04. The zero-order valence-electron chi connectivity index (χ0n) is 14.7. The highest BCUT2D eigenvalue weighted by Gasteiger charge is 2.13. The van der Waals surface area contributed by atoms with E-state index < -0.39 is 5.91 Å². The molecule has 1 amide bonds. The lowest BCUT2D eigenvalue weighted by Crippen LogP contribution is -2.22. The number of aryl methyl sites for hydroxylation is 1. The number of pyridine rings is 1. The number of hydrazone groups is 1. The molecule has 0 unspecified atom stereocenters. The van der Waals surface area contributed by atoms with Crippen LogP contribution in [0.1, 0.15) is 21.6 Å². The van der Waals surface area contributed by atoms with E-state index in [0.29, 0.717) is 16.3 Å². The number of carbonyl (C=O) groups is 1. The molecule has 8 heteroatoms. The van der Waals surface area contributed by atoms with Crippen molar-refractivity contribution in [1.29, 1.82) is 0 Å². The standard InChI is InChI=1S/C20H14ClN5O2/c1-11-6-7-12-9-13(18(21)23-16(12)8-11)10-22-25-20(28)17-14-4-2-3-5-15(14)19(27)26-24-17/h2-10H,1H3,(H,25,28)(H,26,27)/b22-10-. The third-order valence-corrected chi connectivity index (χ3v) is 4.54. The second-order valence-corrected chi connectivity index (χ2v) is 6.57. The summed E-state index contributed by atoms with van der Waals surface area (Å²) in [5.41, 5.74) is 4.56. The molecule has 7 nitrogen and oxygen atoms in total. The van der Waals surface area contributed by atoms with Crippen molar-refractivity contribution < 1.29 is 4.79 Å². The number of hydrogen-bond donors (Lipinski definition) is 2. The van der Waals surface area contributed by atoms with Crippen molar-refractivity contribution in [3.05, 3.63) is 80.9 Å². The molecule has 0 bridgehead atoms. The first-order valence-electron chi connectivity index (χ1n) is 8.40. The first-order valence-corrected chi connectivity index (χ1v) is 8.78. The molecule has 0 saturated heterocycles. The summed E-state index contributed by atoms with van der Waals surface area (Å²) in [5, 5.41) is 12.1. The largest absolute Gasteiger partial charge is 0.292 e. The number of benzene rings is 2. The molecule has 0 aliphatic rings. The van der Waals surface area contributed by atoms with Crippen LogP contribution in [0.3, 0.4) is 0 Å². The van der Waals surface area contributed by atoms with Crippen LogP contribution >= 0.6 is 11.6 Å². The Morgan fingerprint density at radius 2 is 1.96 bits per heavy atom. The van der Waals surface area contributed by atoms with E-state index in [1.54, 1.807) is 24.3 Å². The summed E-state index contributed by atoms with van der Waals surface area (Å²) in [7, 11) is 0. The minimum Gasteiger partial charge on any atom is -0.267 e. The molecule has 138 valence electrons. The maximum Gasteiger partial charge on any atom is 0.292 e. The van der Waals surface area contributed by atoms with E-state index >= 15 is 0 Å². The second kappa shape index (κ2) is 7.21. The van der Waals surface area contributed by atoms with Crippen LogP contribution in [0.2, 0.25) is 5.15 Å². The van der Waals surface area contributed by atoms with Crippen molar-refractivity contribution in [2.45, 2.75) is 6.92 Å². The Morgan fingerprint density at radius 1 is 1.18 bits per heavy atom. The highest BCUT2D eigenvalue weighted by Crippen LogP contribution is 2.20. The van der Waals surface area contributed by atoms with Gasteiger partial charge in [0.2, 0.25) is 0 Å². The van der Waals surface area contributed by atoms with Crippen molar-refractivity contribution in [3.8, 4) is 0 Å². The van der Waals surface area contributed by atoms with Gasteiger partial charge in [-0.15, -0.1) is 0 Å². The van der Waals surface area contributed by atoms with Crippen LogP contribution in [0.15, 0.2) is 58.4 Å². The monoisotopic (exact) mass is 391 g/mol. The molecular weight excluding hydrogens is 378 g/mol. The fourth-order valence-corrected chi connectivity index (χ4v) is 3.06. The van der Waals surface area contributed by atoms with Gasteiger partial charge in [0, 0.05) is 16.3 Å². The van der Waals surface area contributed by atoms with Gasteiger partial charge in [0.1, 0.15) is 5.15 Å². The Hall–Kier alpha value is -3.58. The predicted molar refractivity (Wildman–Crippen MR) is 109 cm³/mol. The number of H-pyrrole nitrogens is 1. The SMILES string of the molecule is Cc1ccc2cc(/C=N\NC(=O)c3n[nH]c(=O)c4ccccc34)c(Cl)nc2c1. The number of rotatable bonds is 3. The minimum atomic E-state index is -0.552. The van der Waals surface area contributed by atoms with E-state index in [9.17, 15) is 9.59 Å². The number of fused-ring (bicyclic) bond motifs is 2. The quantitative estimate of drug-likeness (QED) is 0.318. The molecule has 0 spiro atoms. The van der Waals surface area contributed by atoms with Gasteiger partial charge in [-0.25, -0.2) is 15.5 Å². The average molecular weight is 392 g/mol. The molecule has 28 heavy (non-hydrogen) atoms. The third kappa shape index (κ3) is 3.35. The van der Waals surface area contributed by atoms with Gasteiger partial charge in [0.25, 0.3) is 11.5 Å². The molecule has 0 aliphatic heterocycles. The molecule has 0 saturated carbocycles. The van der Waals surface area contributed by atoms with Crippen molar-refractivity contribution in [2.75, 3.05) is 0 Å². The van der Waals surface area contributed by atoms with Gasteiger partial charge in [0.15, 0.2) is 5.69 Å². The van der Waals surface area contributed by atoms with Crippen LogP contribution in [0.5, 0.6) is 0 Å². The molecule has 2 aromatic carbocycles. The number of halogens is 1. The topological polar surface area (TPSA) is 100 Å². The predicted octanol–water partition coefficient (Wildman–Crippen LogP) is 3.20. The van der Waals surface area contributed by atoms with Crippen LogP contribution in [0.25, 0.3) is 21.7 Å². The number of aromatic nitrogens is 3. The normalized spacial score (nSPS) is 11.4. The third-order valence-electron chi connectivity index (χ3n) is 4.23.